The van der Waals surface area contributed by atoms with E-state index in [4.69, 9.17) is 0 Å². The number of rotatable bonds is 2. The summed E-state index contributed by atoms with van der Waals surface area (Å²) in [6.07, 6.45) is -2.62. The number of carbonyl (C=O) groups excluding carboxylic acids is 1. The number of alkyl halides is 3. The van der Waals surface area contributed by atoms with Gasteiger partial charge in [-0.1, -0.05) is 6.07 Å². The fourth-order valence-electron chi connectivity index (χ4n) is 1.51. The summed E-state index contributed by atoms with van der Waals surface area (Å²) in [5.41, 5.74) is -0.476. The van der Waals surface area contributed by atoms with Crippen molar-refractivity contribution in [3.05, 3.63) is 41.6 Å². The van der Waals surface area contributed by atoms with Crippen molar-refractivity contribution >= 4 is 6.29 Å². The second kappa shape index (κ2) is 4.04. The number of H-pyrrole nitrogens is 1. The molecule has 0 saturated carbocycles. The van der Waals surface area contributed by atoms with E-state index in [1.807, 2.05) is 0 Å². The summed E-state index contributed by atoms with van der Waals surface area (Å²) >= 11 is 0. The van der Waals surface area contributed by atoms with Gasteiger partial charge in [0.05, 0.1) is 11.3 Å². The topological polar surface area (TPSA) is 45.8 Å². The molecule has 2 rings (SSSR count). The Morgan fingerprint density at radius 2 is 2.00 bits per heavy atom. The van der Waals surface area contributed by atoms with Gasteiger partial charge in [0, 0.05) is 17.3 Å². The van der Waals surface area contributed by atoms with E-state index >= 15 is 0 Å². The molecular formula is C11H7F3N2O. The summed E-state index contributed by atoms with van der Waals surface area (Å²) in [4.78, 5) is 10.6. The highest BCUT2D eigenvalue weighted by Crippen LogP contribution is 2.36. The zero-order chi connectivity index (χ0) is 12.5. The molecule has 3 nitrogen and oxygen atoms in total. The summed E-state index contributed by atoms with van der Waals surface area (Å²) < 4.78 is 38.3. The molecule has 0 aliphatic carbocycles. The van der Waals surface area contributed by atoms with Crippen LogP contribution in [0, 0.1) is 0 Å². The maximum absolute atomic E-state index is 12.8. The lowest BCUT2D eigenvalue weighted by Crippen LogP contribution is -2.07. The van der Waals surface area contributed by atoms with Crippen LogP contribution in [0.5, 0.6) is 0 Å². The van der Waals surface area contributed by atoms with E-state index < -0.39 is 11.7 Å². The van der Waals surface area contributed by atoms with Crippen LogP contribution in [0.4, 0.5) is 13.2 Å². The minimum absolute atomic E-state index is 0.0837. The van der Waals surface area contributed by atoms with Gasteiger partial charge in [-0.2, -0.15) is 18.3 Å². The van der Waals surface area contributed by atoms with Crippen molar-refractivity contribution in [2.45, 2.75) is 6.18 Å². The first-order valence-corrected chi connectivity index (χ1v) is 4.68. The molecule has 0 atom stereocenters. The number of carbonyl (C=O) groups is 1. The van der Waals surface area contributed by atoms with Gasteiger partial charge in [0.15, 0.2) is 0 Å². The molecule has 1 N–H and O–H groups in total. The molecule has 0 saturated heterocycles. The molecule has 6 heteroatoms. The molecule has 0 bridgehead atoms. The van der Waals surface area contributed by atoms with Gasteiger partial charge >= 0.3 is 6.18 Å². The van der Waals surface area contributed by atoms with E-state index in [9.17, 15) is 18.0 Å². The van der Waals surface area contributed by atoms with Gasteiger partial charge in [-0.15, -0.1) is 0 Å². The molecule has 0 radical (unpaired) electrons. The van der Waals surface area contributed by atoms with Crippen molar-refractivity contribution in [2.75, 3.05) is 0 Å². The Bertz CT molecular complexity index is 532. The van der Waals surface area contributed by atoms with Gasteiger partial charge in [-0.05, 0) is 18.2 Å². The van der Waals surface area contributed by atoms with E-state index in [1.54, 1.807) is 0 Å². The van der Waals surface area contributed by atoms with E-state index in [0.29, 0.717) is 6.29 Å². The predicted molar refractivity (Wildman–Crippen MR) is 54.4 cm³/mol. The largest absolute Gasteiger partial charge is 0.417 e. The number of hydrogen-bond acceptors (Lipinski definition) is 2. The maximum atomic E-state index is 12.8. The first kappa shape index (κ1) is 11.4. The van der Waals surface area contributed by atoms with Crippen LogP contribution in [0.1, 0.15) is 15.9 Å². The SMILES string of the molecule is O=Cc1ccc(C(F)(F)F)c(-c2ccn[nH]2)c1. The summed E-state index contributed by atoms with van der Waals surface area (Å²) in [7, 11) is 0. The van der Waals surface area contributed by atoms with Gasteiger partial charge in [0.2, 0.25) is 0 Å². The van der Waals surface area contributed by atoms with Gasteiger partial charge in [-0.25, -0.2) is 0 Å². The third-order valence-corrected chi connectivity index (χ3v) is 2.28. The molecule has 0 unspecified atom stereocenters. The summed E-state index contributed by atoms with van der Waals surface area (Å²) in [6.45, 7) is 0. The molecule has 0 aliphatic rings. The van der Waals surface area contributed by atoms with Gasteiger partial charge in [0.1, 0.15) is 6.29 Å². The minimum atomic E-state index is -4.47. The number of nitrogens with one attached hydrogen (secondary N) is 1. The molecule has 1 heterocycles. The Morgan fingerprint density at radius 3 is 2.53 bits per heavy atom. The van der Waals surface area contributed by atoms with Crippen LogP contribution in [0.3, 0.4) is 0 Å². The number of benzene rings is 1. The van der Waals surface area contributed by atoms with Gasteiger partial charge in [-0.3, -0.25) is 9.89 Å². The summed E-state index contributed by atoms with van der Waals surface area (Å²) in [6, 6.07) is 4.62. The highest BCUT2D eigenvalue weighted by molar-refractivity contribution is 5.79. The average Bonchev–Trinajstić information content (AvgIpc) is 2.80. The third-order valence-electron chi connectivity index (χ3n) is 2.28. The van der Waals surface area contributed by atoms with Crippen molar-refractivity contribution < 1.29 is 18.0 Å². The summed E-state index contributed by atoms with van der Waals surface area (Å²) in [5.74, 6) is 0. The maximum Gasteiger partial charge on any atom is 0.417 e. The highest BCUT2D eigenvalue weighted by atomic mass is 19.4. The van der Waals surface area contributed by atoms with Crippen LogP contribution in [0.25, 0.3) is 11.3 Å². The zero-order valence-electron chi connectivity index (χ0n) is 8.45. The molecule has 1 aromatic heterocycles. The van der Waals surface area contributed by atoms with E-state index in [-0.39, 0.29) is 16.8 Å². The Labute approximate surface area is 94.3 Å². The first-order chi connectivity index (χ1) is 8.02. The number of aromatic nitrogens is 2. The second-order valence-electron chi connectivity index (χ2n) is 3.39. The first-order valence-electron chi connectivity index (χ1n) is 4.68. The Balaban J connectivity index is 2.65. The van der Waals surface area contributed by atoms with Crippen LogP contribution in [0.2, 0.25) is 0 Å². The summed E-state index contributed by atoms with van der Waals surface area (Å²) in [5, 5.41) is 6.05. The van der Waals surface area contributed by atoms with E-state index in [2.05, 4.69) is 10.2 Å². The molecule has 0 fully saturated rings. The van der Waals surface area contributed by atoms with Crippen LogP contribution in [0.15, 0.2) is 30.5 Å². The Kier molecular flexibility index (Phi) is 2.71. The Morgan fingerprint density at radius 1 is 1.24 bits per heavy atom. The normalized spacial score (nSPS) is 11.5. The van der Waals surface area contributed by atoms with Crippen LogP contribution in [-0.4, -0.2) is 16.5 Å². The monoisotopic (exact) mass is 240 g/mol. The Hall–Kier alpha value is -2.11. The molecule has 2 aromatic rings. The van der Waals surface area contributed by atoms with Gasteiger partial charge in [0.25, 0.3) is 0 Å². The molecule has 0 aliphatic heterocycles. The van der Waals surface area contributed by atoms with Crippen LogP contribution in [-0.2, 0) is 6.18 Å². The number of nitrogens with zero attached hydrogens (tertiary/aromatic N) is 1. The fraction of sp³-hybridized carbons (Fsp3) is 0.0909. The van der Waals surface area contributed by atoms with Crippen molar-refractivity contribution in [3.63, 3.8) is 0 Å². The average molecular weight is 240 g/mol. The van der Waals surface area contributed by atoms with E-state index in [1.165, 1.54) is 18.3 Å². The number of aromatic amines is 1. The lowest BCUT2D eigenvalue weighted by Gasteiger charge is -2.11. The van der Waals surface area contributed by atoms with Crippen molar-refractivity contribution in [3.8, 4) is 11.3 Å². The highest BCUT2D eigenvalue weighted by Gasteiger charge is 2.33. The lowest BCUT2D eigenvalue weighted by atomic mass is 10.0. The number of aldehydes is 1. The zero-order valence-corrected chi connectivity index (χ0v) is 8.45. The number of halogens is 3. The molecule has 1 aromatic carbocycles. The standard InChI is InChI=1S/C11H7F3N2O/c12-11(13,14)9-2-1-7(6-17)5-8(9)10-3-4-15-16-10/h1-6H,(H,15,16). The molecule has 0 amide bonds. The van der Waals surface area contributed by atoms with Crippen molar-refractivity contribution in [2.24, 2.45) is 0 Å². The number of hydrogen-bond donors (Lipinski definition) is 1. The lowest BCUT2D eigenvalue weighted by molar-refractivity contribution is -0.137. The van der Waals surface area contributed by atoms with E-state index in [0.717, 1.165) is 12.1 Å². The van der Waals surface area contributed by atoms with Crippen molar-refractivity contribution in [1.82, 2.24) is 10.2 Å². The predicted octanol–water partition coefficient (Wildman–Crippen LogP) is 2.91. The molecule has 17 heavy (non-hydrogen) atoms. The molecular weight excluding hydrogens is 233 g/mol. The fourth-order valence-corrected chi connectivity index (χ4v) is 1.51. The van der Waals surface area contributed by atoms with Crippen LogP contribution >= 0.6 is 0 Å². The third kappa shape index (κ3) is 2.20. The van der Waals surface area contributed by atoms with Gasteiger partial charge < -0.3 is 0 Å². The minimum Gasteiger partial charge on any atom is -0.298 e. The second-order valence-corrected chi connectivity index (χ2v) is 3.39. The molecule has 88 valence electrons. The quantitative estimate of drug-likeness (QED) is 0.820. The smallest absolute Gasteiger partial charge is 0.298 e. The van der Waals surface area contributed by atoms with Crippen LogP contribution < -0.4 is 0 Å². The molecule has 0 spiro atoms. The van der Waals surface area contributed by atoms with Crippen molar-refractivity contribution in [1.29, 1.82) is 0 Å².